The van der Waals surface area contributed by atoms with E-state index in [4.69, 9.17) is 0 Å². The third-order valence-corrected chi connectivity index (χ3v) is 3.31. The predicted molar refractivity (Wildman–Crippen MR) is 74.4 cm³/mol. The van der Waals surface area contributed by atoms with Gasteiger partial charge in [-0.2, -0.15) is 13.2 Å². The zero-order valence-electron chi connectivity index (χ0n) is 12.7. The van der Waals surface area contributed by atoms with Crippen LogP contribution in [-0.4, -0.2) is 42.8 Å². The van der Waals surface area contributed by atoms with E-state index in [1.807, 2.05) is 20.8 Å². The van der Waals surface area contributed by atoms with Crippen molar-refractivity contribution in [3.05, 3.63) is 0 Å². The SMILES string of the molecule is CCCC(NCC)C(CC)N(CCC)CC(F)(F)F. The van der Waals surface area contributed by atoms with E-state index < -0.39 is 12.7 Å². The molecule has 0 fully saturated rings. The average Bonchev–Trinajstić information content (AvgIpc) is 2.28. The number of hydrogen-bond acceptors (Lipinski definition) is 2. The first kappa shape index (κ1) is 18.7. The molecule has 2 unspecified atom stereocenters. The van der Waals surface area contributed by atoms with Gasteiger partial charge in [-0.25, -0.2) is 0 Å². The molecule has 0 heterocycles. The Labute approximate surface area is 115 Å². The van der Waals surface area contributed by atoms with Gasteiger partial charge < -0.3 is 5.32 Å². The summed E-state index contributed by atoms with van der Waals surface area (Å²) in [4.78, 5) is 1.60. The van der Waals surface area contributed by atoms with Gasteiger partial charge in [-0.3, -0.25) is 4.90 Å². The highest BCUT2D eigenvalue weighted by Crippen LogP contribution is 2.22. The van der Waals surface area contributed by atoms with E-state index in [0.29, 0.717) is 6.54 Å². The van der Waals surface area contributed by atoms with Crippen LogP contribution in [0.5, 0.6) is 0 Å². The lowest BCUT2D eigenvalue weighted by Gasteiger charge is -2.37. The molecule has 5 heteroatoms. The predicted octanol–water partition coefficient (Wildman–Crippen LogP) is 3.82. The Hall–Kier alpha value is -0.290. The molecule has 0 aliphatic carbocycles. The Kier molecular flexibility index (Phi) is 9.44. The van der Waals surface area contributed by atoms with E-state index >= 15 is 0 Å². The molecule has 0 aromatic rings. The van der Waals surface area contributed by atoms with Crippen LogP contribution in [0.15, 0.2) is 0 Å². The topological polar surface area (TPSA) is 15.3 Å². The summed E-state index contributed by atoms with van der Waals surface area (Å²) in [6.45, 7) is 8.48. The van der Waals surface area contributed by atoms with Gasteiger partial charge in [0.05, 0.1) is 6.54 Å². The molecule has 0 rings (SSSR count). The number of halogens is 3. The van der Waals surface area contributed by atoms with Crippen LogP contribution in [0.2, 0.25) is 0 Å². The number of nitrogens with one attached hydrogen (secondary N) is 1. The van der Waals surface area contributed by atoms with E-state index in [1.54, 1.807) is 4.90 Å². The summed E-state index contributed by atoms with van der Waals surface area (Å²) in [6.07, 6.45) is -0.721. The monoisotopic (exact) mass is 282 g/mol. The van der Waals surface area contributed by atoms with Crippen LogP contribution in [-0.2, 0) is 0 Å². The maximum absolute atomic E-state index is 12.7. The van der Waals surface area contributed by atoms with E-state index in [0.717, 1.165) is 32.2 Å². The van der Waals surface area contributed by atoms with Crippen LogP contribution in [0.1, 0.15) is 53.4 Å². The highest BCUT2D eigenvalue weighted by molar-refractivity contribution is 4.84. The Balaban J connectivity index is 4.86. The molecule has 116 valence electrons. The largest absolute Gasteiger partial charge is 0.401 e. The van der Waals surface area contributed by atoms with Crippen LogP contribution in [0, 0.1) is 0 Å². The number of alkyl halides is 3. The normalized spacial score (nSPS) is 15.8. The van der Waals surface area contributed by atoms with Crippen molar-refractivity contribution in [2.45, 2.75) is 71.6 Å². The molecule has 2 atom stereocenters. The van der Waals surface area contributed by atoms with Crippen LogP contribution >= 0.6 is 0 Å². The van der Waals surface area contributed by atoms with Gasteiger partial charge in [0, 0.05) is 12.1 Å². The van der Waals surface area contributed by atoms with Crippen molar-refractivity contribution >= 4 is 0 Å². The van der Waals surface area contributed by atoms with Gasteiger partial charge in [-0.1, -0.05) is 34.1 Å². The smallest absolute Gasteiger partial charge is 0.313 e. The van der Waals surface area contributed by atoms with Gasteiger partial charge in [0.2, 0.25) is 0 Å². The van der Waals surface area contributed by atoms with Crippen molar-refractivity contribution in [1.82, 2.24) is 10.2 Å². The lowest BCUT2D eigenvalue weighted by atomic mass is 9.98. The molecule has 0 aliphatic heterocycles. The number of nitrogens with zero attached hydrogens (tertiary/aromatic N) is 1. The highest BCUT2D eigenvalue weighted by Gasteiger charge is 2.35. The van der Waals surface area contributed by atoms with Crippen LogP contribution in [0.3, 0.4) is 0 Å². The second-order valence-corrected chi connectivity index (χ2v) is 5.01. The van der Waals surface area contributed by atoms with E-state index in [1.165, 1.54) is 0 Å². The van der Waals surface area contributed by atoms with Gasteiger partial charge in [0.15, 0.2) is 0 Å². The molecule has 19 heavy (non-hydrogen) atoms. The molecule has 2 nitrogen and oxygen atoms in total. The Morgan fingerprint density at radius 2 is 1.68 bits per heavy atom. The summed E-state index contributed by atoms with van der Waals surface area (Å²) >= 11 is 0. The molecule has 0 bridgehead atoms. The highest BCUT2D eigenvalue weighted by atomic mass is 19.4. The van der Waals surface area contributed by atoms with Crippen molar-refractivity contribution in [1.29, 1.82) is 0 Å². The van der Waals surface area contributed by atoms with Crippen molar-refractivity contribution in [3.63, 3.8) is 0 Å². The van der Waals surface area contributed by atoms with Crippen molar-refractivity contribution in [2.75, 3.05) is 19.6 Å². The van der Waals surface area contributed by atoms with E-state index in [9.17, 15) is 13.2 Å². The molecule has 1 N–H and O–H groups in total. The first-order valence-electron chi connectivity index (χ1n) is 7.43. The fourth-order valence-electron chi connectivity index (χ4n) is 2.68. The first-order valence-corrected chi connectivity index (χ1v) is 7.43. The first-order chi connectivity index (χ1) is 8.89. The molecular weight excluding hydrogens is 253 g/mol. The maximum Gasteiger partial charge on any atom is 0.401 e. The lowest BCUT2D eigenvalue weighted by molar-refractivity contribution is -0.152. The Morgan fingerprint density at radius 1 is 1.05 bits per heavy atom. The quantitative estimate of drug-likeness (QED) is 0.655. The molecule has 0 spiro atoms. The fraction of sp³-hybridized carbons (Fsp3) is 1.00. The fourth-order valence-corrected chi connectivity index (χ4v) is 2.68. The number of likely N-dealkylation sites (N-methyl/N-ethyl adjacent to an activating group) is 1. The van der Waals surface area contributed by atoms with E-state index in [-0.39, 0.29) is 12.1 Å². The summed E-state index contributed by atoms with van der Waals surface area (Å²) < 4.78 is 38.1. The Morgan fingerprint density at radius 3 is 2.05 bits per heavy atom. The third kappa shape index (κ3) is 7.78. The van der Waals surface area contributed by atoms with Gasteiger partial charge >= 0.3 is 6.18 Å². The zero-order valence-corrected chi connectivity index (χ0v) is 12.7. The minimum Gasteiger partial charge on any atom is -0.313 e. The van der Waals surface area contributed by atoms with Gasteiger partial charge in [-0.05, 0) is 32.4 Å². The molecule has 0 radical (unpaired) electrons. The minimum atomic E-state index is -4.12. The summed E-state index contributed by atoms with van der Waals surface area (Å²) in [5.41, 5.74) is 0. The van der Waals surface area contributed by atoms with Crippen molar-refractivity contribution in [2.24, 2.45) is 0 Å². The molecular formula is C14H29F3N2. The van der Waals surface area contributed by atoms with Gasteiger partial charge in [-0.15, -0.1) is 0 Å². The van der Waals surface area contributed by atoms with Gasteiger partial charge in [0.25, 0.3) is 0 Å². The van der Waals surface area contributed by atoms with E-state index in [2.05, 4.69) is 12.2 Å². The number of hydrogen-bond donors (Lipinski definition) is 1. The Bertz CT molecular complexity index is 213. The average molecular weight is 282 g/mol. The molecule has 0 aromatic heterocycles. The standard InChI is InChI=1S/C14H29F3N2/c1-5-9-12(18-8-4)13(7-3)19(10-6-2)11-14(15,16)17/h12-13,18H,5-11H2,1-4H3. The second-order valence-electron chi connectivity index (χ2n) is 5.01. The summed E-state index contributed by atoms with van der Waals surface area (Å²) in [7, 11) is 0. The van der Waals surface area contributed by atoms with Crippen LogP contribution < -0.4 is 5.32 Å². The van der Waals surface area contributed by atoms with Crippen molar-refractivity contribution < 1.29 is 13.2 Å². The molecule has 0 amide bonds. The lowest BCUT2D eigenvalue weighted by Crippen LogP contribution is -2.52. The molecule has 0 saturated carbocycles. The molecule has 0 saturated heterocycles. The molecule has 0 aromatic carbocycles. The summed E-state index contributed by atoms with van der Waals surface area (Å²) in [6, 6.07) is 0.107. The summed E-state index contributed by atoms with van der Waals surface area (Å²) in [5, 5.41) is 3.35. The van der Waals surface area contributed by atoms with Crippen LogP contribution in [0.25, 0.3) is 0 Å². The van der Waals surface area contributed by atoms with Gasteiger partial charge in [0.1, 0.15) is 0 Å². The minimum absolute atomic E-state index is 0.0403. The zero-order chi connectivity index (χ0) is 14.9. The molecule has 0 aliphatic rings. The van der Waals surface area contributed by atoms with Crippen molar-refractivity contribution in [3.8, 4) is 0 Å². The van der Waals surface area contributed by atoms with Crippen LogP contribution in [0.4, 0.5) is 13.2 Å². The third-order valence-electron chi connectivity index (χ3n) is 3.31. The second kappa shape index (κ2) is 9.59. The summed E-state index contributed by atoms with van der Waals surface area (Å²) in [5.74, 6) is 0. The number of rotatable bonds is 10. The maximum atomic E-state index is 12.7.